The third kappa shape index (κ3) is 2.44. The molecule has 0 amide bonds. The highest BCUT2D eigenvalue weighted by molar-refractivity contribution is 5.47. The quantitative estimate of drug-likeness (QED) is 0.811. The summed E-state index contributed by atoms with van der Waals surface area (Å²) in [6.07, 6.45) is 6.59. The van der Waals surface area contributed by atoms with Crippen LogP contribution in [-0.2, 0) is 12.1 Å². The molecule has 1 saturated heterocycles. The van der Waals surface area contributed by atoms with E-state index >= 15 is 0 Å². The molecular weight excluding hydrogens is 310 g/mol. The second kappa shape index (κ2) is 6.06. The van der Waals surface area contributed by atoms with Gasteiger partial charge in [-0.25, -0.2) is 0 Å². The minimum atomic E-state index is 0.162. The summed E-state index contributed by atoms with van der Waals surface area (Å²) in [5.74, 6) is 2.56. The van der Waals surface area contributed by atoms with E-state index in [-0.39, 0.29) is 5.54 Å². The zero-order chi connectivity index (χ0) is 16.7. The first-order chi connectivity index (χ1) is 12.4. The van der Waals surface area contributed by atoms with Crippen LogP contribution in [0.2, 0.25) is 0 Å². The second-order valence-corrected chi connectivity index (χ2v) is 7.63. The molecule has 130 valence electrons. The highest BCUT2D eigenvalue weighted by Gasteiger charge is 2.50. The average Bonchev–Trinajstić information content (AvgIpc) is 3.27. The predicted molar refractivity (Wildman–Crippen MR) is 97.7 cm³/mol. The minimum Gasteiger partial charge on any atom is -0.454 e. The number of likely N-dealkylation sites (tertiary alicyclic amines) is 1. The van der Waals surface area contributed by atoms with Crippen LogP contribution in [0.3, 0.4) is 0 Å². The van der Waals surface area contributed by atoms with Crippen molar-refractivity contribution in [3.8, 4) is 11.5 Å². The lowest BCUT2D eigenvalue weighted by Crippen LogP contribution is -2.46. The molecule has 0 aromatic heterocycles. The van der Waals surface area contributed by atoms with Crippen LogP contribution >= 0.6 is 0 Å². The van der Waals surface area contributed by atoms with Crippen LogP contribution in [0, 0.1) is 5.92 Å². The first-order valence-corrected chi connectivity index (χ1v) is 9.55. The molecule has 0 N–H and O–H groups in total. The van der Waals surface area contributed by atoms with Gasteiger partial charge < -0.3 is 9.47 Å². The van der Waals surface area contributed by atoms with Crippen LogP contribution in [0.25, 0.3) is 0 Å². The van der Waals surface area contributed by atoms with Crippen molar-refractivity contribution in [3.05, 3.63) is 59.7 Å². The number of hydrogen-bond acceptors (Lipinski definition) is 3. The molecule has 2 fully saturated rings. The molecule has 1 saturated carbocycles. The molecule has 3 nitrogen and oxygen atoms in total. The number of rotatable bonds is 3. The van der Waals surface area contributed by atoms with Gasteiger partial charge in [-0.15, -0.1) is 0 Å². The van der Waals surface area contributed by atoms with Crippen molar-refractivity contribution in [1.29, 1.82) is 0 Å². The van der Waals surface area contributed by atoms with Crippen molar-refractivity contribution in [1.82, 2.24) is 4.90 Å². The number of benzene rings is 2. The average molecular weight is 335 g/mol. The smallest absolute Gasteiger partial charge is 0.231 e. The van der Waals surface area contributed by atoms with Gasteiger partial charge in [-0.2, -0.15) is 0 Å². The molecule has 1 aliphatic carbocycles. The Bertz CT molecular complexity index is 760. The molecule has 0 spiro atoms. The van der Waals surface area contributed by atoms with Crippen molar-refractivity contribution in [2.45, 2.75) is 44.2 Å². The van der Waals surface area contributed by atoms with Crippen molar-refractivity contribution >= 4 is 0 Å². The SMILES string of the molecule is c1ccc(CN2CC[C@@H]3CCCC[C@@]32c2ccc3c(c2)OCO3)cc1. The van der Waals surface area contributed by atoms with Gasteiger partial charge in [0.15, 0.2) is 11.5 Å². The third-order valence-electron chi connectivity index (χ3n) is 6.44. The molecule has 2 aromatic carbocycles. The highest BCUT2D eigenvalue weighted by Crippen LogP contribution is 2.53. The third-order valence-corrected chi connectivity index (χ3v) is 6.44. The maximum absolute atomic E-state index is 5.69. The Morgan fingerprint density at radius 3 is 2.76 bits per heavy atom. The molecule has 0 bridgehead atoms. The van der Waals surface area contributed by atoms with E-state index < -0.39 is 0 Å². The van der Waals surface area contributed by atoms with Crippen LogP contribution in [0.4, 0.5) is 0 Å². The zero-order valence-electron chi connectivity index (χ0n) is 14.6. The first kappa shape index (κ1) is 15.3. The second-order valence-electron chi connectivity index (χ2n) is 7.63. The molecule has 2 aliphatic heterocycles. The molecular formula is C22H25NO2. The van der Waals surface area contributed by atoms with E-state index in [1.165, 1.54) is 49.8 Å². The lowest BCUT2D eigenvalue weighted by molar-refractivity contribution is 0.0536. The summed E-state index contributed by atoms with van der Waals surface area (Å²) in [4.78, 5) is 2.74. The molecule has 2 heterocycles. The van der Waals surface area contributed by atoms with Gasteiger partial charge in [0.2, 0.25) is 6.79 Å². The van der Waals surface area contributed by atoms with Gasteiger partial charge in [-0.1, -0.05) is 49.2 Å². The molecule has 2 aromatic rings. The van der Waals surface area contributed by atoms with E-state index in [0.29, 0.717) is 6.79 Å². The van der Waals surface area contributed by atoms with E-state index in [2.05, 4.69) is 53.4 Å². The van der Waals surface area contributed by atoms with Gasteiger partial charge in [0.25, 0.3) is 0 Å². The summed E-state index contributed by atoms with van der Waals surface area (Å²) >= 11 is 0. The predicted octanol–water partition coefficient (Wildman–Crippen LogP) is 4.71. The topological polar surface area (TPSA) is 21.7 Å². The van der Waals surface area contributed by atoms with Gasteiger partial charge in [-0.05, 0) is 55.0 Å². The highest BCUT2D eigenvalue weighted by atomic mass is 16.7. The van der Waals surface area contributed by atoms with E-state index in [1.807, 2.05) is 0 Å². The molecule has 2 atom stereocenters. The van der Waals surface area contributed by atoms with Crippen molar-refractivity contribution in [3.63, 3.8) is 0 Å². The lowest BCUT2D eigenvalue weighted by Gasteiger charge is -2.46. The number of hydrogen-bond donors (Lipinski definition) is 0. The normalized spacial score (nSPS) is 28.1. The van der Waals surface area contributed by atoms with Crippen molar-refractivity contribution in [2.75, 3.05) is 13.3 Å². The summed E-state index contributed by atoms with van der Waals surface area (Å²) in [5, 5.41) is 0. The van der Waals surface area contributed by atoms with E-state index in [0.717, 1.165) is 24.0 Å². The van der Waals surface area contributed by atoms with E-state index in [9.17, 15) is 0 Å². The van der Waals surface area contributed by atoms with Crippen molar-refractivity contribution in [2.24, 2.45) is 5.92 Å². The van der Waals surface area contributed by atoms with Crippen LogP contribution in [-0.4, -0.2) is 18.2 Å². The van der Waals surface area contributed by atoms with Crippen LogP contribution in [0.1, 0.15) is 43.2 Å². The molecule has 0 radical (unpaired) electrons. The maximum atomic E-state index is 5.69. The fourth-order valence-corrected chi connectivity index (χ4v) is 5.29. The van der Waals surface area contributed by atoms with Gasteiger partial charge in [0.1, 0.15) is 0 Å². The Balaban J connectivity index is 1.55. The van der Waals surface area contributed by atoms with Crippen molar-refractivity contribution < 1.29 is 9.47 Å². The van der Waals surface area contributed by atoms with E-state index in [1.54, 1.807) is 0 Å². The summed E-state index contributed by atoms with van der Waals surface area (Å²) < 4.78 is 11.2. The zero-order valence-corrected chi connectivity index (χ0v) is 14.6. The Labute approximate surface area is 149 Å². The van der Waals surface area contributed by atoms with Crippen LogP contribution < -0.4 is 9.47 Å². The standard InChI is InChI=1S/C22H25NO2/c1-2-6-17(7-3-1)15-23-13-11-18-8-4-5-12-22(18,23)19-9-10-20-21(14-19)25-16-24-20/h1-3,6-7,9-10,14,18H,4-5,8,11-13,15-16H2/t18-,22-/m0/s1. The number of fused-ring (bicyclic) bond motifs is 2. The number of ether oxygens (including phenoxy) is 2. The Morgan fingerprint density at radius 1 is 0.960 bits per heavy atom. The van der Waals surface area contributed by atoms with Gasteiger partial charge in [0.05, 0.1) is 0 Å². The lowest BCUT2D eigenvalue weighted by atomic mass is 9.69. The van der Waals surface area contributed by atoms with Gasteiger partial charge >= 0.3 is 0 Å². The van der Waals surface area contributed by atoms with Crippen LogP contribution in [0.5, 0.6) is 11.5 Å². The summed E-state index contributed by atoms with van der Waals surface area (Å²) in [5.41, 5.74) is 3.00. The van der Waals surface area contributed by atoms with Gasteiger partial charge in [-0.3, -0.25) is 4.90 Å². The molecule has 0 unspecified atom stereocenters. The molecule has 3 heteroatoms. The Hall–Kier alpha value is -2.00. The molecule has 5 rings (SSSR count). The summed E-state index contributed by atoms with van der Waals surface area (Å²) in [6.45, 7) is 2.57. The van der Waals surface area contributed by atoms with E-state index in [4.69, 9.17) is 9.47 Å². The monoisotopic (exact) mass is 335 g/mol. The summed E-state index contributed by atoms with van der Waals surface area (Å²) in [6, 6.07) is 17.6. The fourth-order valence-electron chi connectivity index (χ4n) is 5.29. The fraction of sp³-hybridized carbons (Fsp3) is 0.455. The Kier molecular flexibility index (Phi) is 3.70. The summed E-state index contributed by atoms with van der Waals surface area (Å²) in [7, 11) is 0. The van der Waals surface area contributed by atoms with Gasteiger partial charge in [0, 0.05) is 12.1 Å². The largest absolute Gasteiger partial charge is 0.454 e. The first-order valence-electron chi connectivity index (χ1n) is 9.55. The molecule has 3 aliphatic rings. The minimum absolute atomic E-state index is 0.162. The maximum Gasteiger partial charge on any atom is 0.231 e. The van der Waals surface area contributed by atoms with Crippen LogP contribution in [0.15, 0.2) is 48.5 Å². The molecule has 25 heavy (non-hydrogen) atoms. The number of nitrogens with zero attached hydrogens (tertiary/aromatic N) is 1. The Morgan fingerprint density at radius 2 is 1.84 bits per heavy atom.